The Labute approximate surface area is 111 Å². The fourth-order valence-corrected chi connectivity index (χ4v) is 1.78. The largest absolute Gasteiger partial charge is 0.494 e. The van der Waals surface area contributed by atoms with Crippen molar-refractivity contribution in [1.82, 2.24) is 5.32 Å². The number of rotatable bonds is 6. The molecule has 0 aliphatic rings. The highest BCUT2D eigenvalue weighted by atomic mass is 79.9. The molecule has 0 aliphatic carbocycles. The molecule has 0 unspecified atom stereocenters. The predicted molar refractivity (Wildman–Crippen MR) is 72.1 cm³/mol. The SMILES string of the molecule is CC(C)NCCCOc1ccc(C#N)c(Br)c1. The van der Waals surface area contributed by atoms with Gasteiger partial charge in [-0.3, -0.25) is 0 Å². The number of nitriles is 1. The van der Waals surface area contributed by atoms with E-state index in [2.05, 4.69) is 41.2 Å². The van der Waals surface area contributed by atoms with Crippen LogP contribution in [0.3, 0.4) is 0 Å². The molecule has 0 heterocycles. The van der Waals surface area contributed by atoms with Gasteiger partial charge in [0.15, 0.2) is 0 Å². The van der Waals surface area contributed by atoms with Gasteiger partial charge in [-0.15, -0.1) is 0 Å². The number of ether oxygens (including phenoxy) is 1. The summed E-state index contributed by atoms with van der Waals surface area (Å²) in [6, 6.07) is 8.01. The first kappa shape index (κ1) is 14.0. The van der Waals surface area contributed by atoms with Gasteiger partial charge in [-0.2, -0.15) is 5.26 Å². The Hall–Kier alpha value is -1.05. The lowest BCUT2D eigenvalue weighted by Gasteiger charge is -2.09. The van der Waals surface area contributed by atoms with Crippen molar-refractivity contribution in [3.63, 3.8) is 0 Å². The van der Waals surface area contributed by atoms with Crippen LogP contribution in [0.1, 0.15) is 25.8 Å². The van der Waals surface area contributed by atoms with Gasteiger partial charge >= 0.3 is 0 Å². The summed E-state index contributed by atoms with van der Waals surface area (Å²) in [5, 5.41) is 12.1. The Kier molecular flexibility index (Phi) is 6.03. The number of halogens is 1. The molecule has 0 atom stereocenters. The molecule has 92 valence electrons. The van der Waals surface area contributed by atoms with Crippen LogP contribution in [-0.4, -0.2) is 19.2 Å². The molecule has 0 aliphatic heterocycles. The molecule has 1 aromatic carbocycles. The minimum Gasteiger partial charge on any atom is -0.494 e. The molecule has 0 radical (unpaired) electrons. The molecule has 0 saturated carbocycles. The Morgan fingerprint density at radius 1 is 1.47 bits per heavy atom. The highest BCUT2D eigenvalue weighted by Gasteiger charge is 2.01. The Balaban J connectivity index is 2.33. The summed E-state index contributed by atoms with van der Waals surface area (Å²) in [6.07, 6.45) is 0.968. The van der Waals surface area contributed by atoms with Gasteiger partial charge in [0.1, 0.15) is 11.8 Å². The van der Waals surface area contributed by atoms with Gasteiger partial charge in [-0.1, -0.05) is 13.8 Å². The van der Waals surface area contributed by atoms with Crippen LogP contribution in [0.4, 0.5) is 0 Å². The van der Waals surface area contributed by atoms with Gasteiger partial charge in [0, 0.05) is 10.5 Å². The zero-order chi connectivity index (χ0) is 12.7. The first-order chi connectivity index (χ1) is 8.13. The fraction of sp³-hybridized carbons (Fsp3) is 0.462. The van der Waals surface area contributed by atoms with E-state index in [1.165, 1.54) is 0 Å². The highest BCUT2D eigenvalue weighted by Crippen LogP contribution is 2.22. The lowest BCUT2D eigenvalue weighted by atomic mass is 10.2. The molecule has 4 heteroatoms. The van der Waals surface area contributed by atoms with E-state index in [0.29, 0.717) is 18.2 Å². The molecule has 1 aromatic rings. The quantitative estimate of drug-likeness (QED) is 0.821. The molecule has 0 fully saturated rings. The summed E-state index contributed by atoms with van der Waals surface area (Å²) in [7, 11) is 0. The van der Waals surface area contributed by atoms with Crippen LogP contribution in [0.25, 0.3) is 0 Å². The maximum absolute atomic E-state index is 8.78. The van der Waals surface area contributed by atoms with E-state index in [9.17, 15) is 0 Å². The van der Waals surface area contributed by atoms with E-state index >= 15 is 0 Å². The topological polar surface area (TPSA) is 45.0 Å². The predicted octanol–water partition coefficient (Wildman–Crippen LogP) is 3.09. The number of nitrogens with zero attached hydrogens (tertiary/aromatic N) is 1. The summed E-state index contributed by atoms with van der Waals surface area (Å²) in [5.41, 5.74) is 0.624. The van der Waals surface area contributed by atoms with Crippen molar-refractivity contribution >= 4 is 15.9 Å². The average Bonchev–Trinajstić information content (AvgIpc) is 2.28. The van der Waals surface area contributed by atoms with Crippen molar-refractivity contribution < 1.29 is 4.74 Å². The number of nitrogens with one attached hydrogen (secondary N) is 1. The molecular formula is C13H17BrN2O. The first-order valence-electron chi connectivity index (χ1n) is 5.69. The molecule has 0 spiro atoms. The normalized spacial score (nSPS) is 10.3. The van der Waals surface area contributed by atoms with Crippen molar-refractivity contribution in [2.75, 3.05) is 13.2 Å². The summed E-state index contributed by atoms with van der Waals surface area (Å²) < 4.78 is 6.36. The maximum Gasteiger partial charge on any atom is 0.120 e. The second-order valence-corrected chi connectivity index (χ2v) is 4.92. The molecule has 17 heavy (non-hydrogen) atoms. The third-order valence-electron chi connectivity index (χ3n) is 2.20. The van der Waals surface area contributed by atoms with Gasteiger partial charge in [-0.05, 0) is 47.1 Å². The minimum atomic E-state index is 0.513. The van der Waals surface area contributed by atoms with E-state index in [4.69, 9.17) is 10.00 Å². The number of hydrogen-bond acceptors (Lipinski definition) is 3. The van der Waals surface area contributed by atoms with Crippen molar-refractivity contribution in [2.24, 2.45) is 0 Å². The lowest BCUT2D eigenvalue weighted by molar-refractivity contribution is 0.306. The smallest absolute Gasteiger partial charge is 0.120 e. The Morgan fingerprint density at radius 2 is 2.24 bits per heavy atom. The highest BCUT2D eigenvalue weighted by molar-refractivity contribution is 9.10. The van der Waals surface area contributed by atoms with Gasteiger partial charge in [0.2, 0.25) is 0 Å². The molecule has 0 saturated heterocycles. The molecule has 0 bridgehead atoms. The van der Waals surface area contributed by atoms with E-state index in [-0.39, 0.29) is 0 Å². The molecule has 3 nitrogen and oxygen atoms in total. The van der Waals surface area contributed by atoms with E-state index in [1.807, 2.05) is 12.1 Å². The number of hydrogen-bond donors (Lipinski definition) is 1. The van der Waals surface area contributed by atoms with E-state index < -0.39 is 0 Å². The van der Waals surface area contributed by atoms with Crippen LogP contribution < -0.4 is 10.1 Å². The summed E-state index contributed by atoms with van der Waals surface area (Å²) in [4.78, 5) is 0. The third kappa shape index (κ3) is 5.20. The van der Waals surface area contributed by atoms with E-state index in [1.54, 1.807) is 6.07 Å². The van der Waals surface area contributed by atoms with Crippen LogP contribution in [0.2, 0.25) is 0 Å². The Bertz CT molecular complexity index is 399. The first-order valence-corrected chi connectivity index (χ1v) is 6.48. The second kappa shape index (κ2) is 7.31. The average molecular weight is 297 g/mol. The van der Waals surface area contributed by atoms with Gasteiger partial charge in [0.25, 0.3) is 0 Å². The maximum atomic E-state index is 8.78. The molecule has 1 rings (SSSR count). The fourth-order valence-electron chi connectivity index (χ4n) is 1.33. The van der Waals surface area contributed by atoms with E-state index in [0.717, 1.165) is 23.2 Å². The zero-order valence-electron chi connectivity index (χ0n) is 10.2. The van der Waals surface area contributed by atoms with Gasteiger partial charge in [0.05, 0.1) is 12.2 Å². The number of benzene rings is 1. The zero-order valence-corrected chi connectivity index (χ0v) is 11.8. The monoisotopic (exact) mass is 296 g/mol. The summed E-state index contributed by atoms with van der Waals surface area (Å²) in [5.74, 6) is 0.792. The van der Waals surface area contributed by atoms with Crippen LogP contribution in [-0.2, 0) is 0 Å². The molecule has 1 N–H and O–H groups in total. The standard InChI is InChI=1S/C13H17BrN2O/c1-10(2)16-6-3-7-17-12-5-4-11(9-15)13(14)8-12/h4-5,8,10,16H,3,6-7H2,1-2H3. The van der Waals surface area contributed by atoms with Gasteiger partial charge in [-0.25, -0.2) is 0 Å². The minimum absolute atomic E-state index is 0.513. The van der Waals surface area contributed by atoms with Crippen LogP contribution in [0.15, 0.2) is 22.7 Å². The molecule has 0 aromatic heterocycles. The van der Waals surface area contributed by atoms with Gasteiger partial charge < -0.3 is 10.1 Å². The van der Waals surface area contributed by atoms with Crippen LogP contribution >= 0.6 is 15.9 Å². The molecular weight excluding hydrogens is 280 g/mol. The third-order valence-corrected chi connectivity index (χ3v) is 2.86. The van der Waals surface area contributed by atoms with Crippen molar-refractivity contribution in [1.29, 1.82) is 5.26 Å². The van der Waals surface area contributed by atoms with Crippen LogP contribution in [0, 0.1) is 11.3 Å². The summed E-state index contributed by atoms with van der Waals surface area (Å²) >= 11 is 3.33. The summed E-state index contributed by atoms with van der Waals surface area (Å²) in [6.45, 7) is 5.88. The van der Waals surface area contributed by atoms with Crippen molar-refractivity contribution in [3.8, 4) is 11.8 Å². The van der Waals surface area contributed by atoms with Crippen molar-refractivity contribution in [3.05, 3.63) is 28.2 Å². The van der Waals surface area contributed by atoms with Crippen molar-refractivity contribution in [2.45, 2.75) is 26.3 Å². The van der Waals surface area contributed by atoms with Crippen LogP contribution in [0.5, 0.6) is 5.75 Å². The lowest BCUT2D eigenvalue weighted by Crippen LogP contribution is -2.24. The molecule has 0 amide bonds. The Morgan fingerprint density at radius 3 is 2.82 bits per heavy atom. The second-order valence-electron chi connectivity index (χ2n) is 4.06.